The van der Waals surface area contributed by atoms with Crippen LogP contribution in [0.25, 0.3) is 0 Å². The highest BCUT2D eigenvalue weighted by Crippen LogP contribution is 2.33. The molecule has 0 radical (unpaired) electrons. The quantitative estimate of drug-likeness (QED) is 0.384. The molecule has 1 unspecified atom stereocenters. The van der Waals surface area contributed by atoms with E-state index in [0.29, 0.717) is 5.56 Å². The van der Waals surface area contributed by atoms with Gasteiger partial charge in [-0.05, 0) is 36.2 Å². The van der Waals surface area contributed by atoms with Crippen LogP contribution in [-0.2, 0) is 32.5 Å². The highest BCUT2D eigenvalue weighted by Gasteiger charge is 2.30. The second-order valence-corrected chi connectivity index (χ2v) is 8.19. The summed E-state index contributed by atoms with van der Waals surface area (Å²) in [4.78, 5) is 36.8. The van der Waals surface area contributed by atoms with E-state index in [2.05, 4.69) is 14.6 Å². The van der Waals surface area contributed by atoms with Crippen molar-refractivity contribution in [1.82, 2.24) is 14.3 Å². The maximum Gasteiger partial charge on any atom is 0.346 e. The molecule has 13 heteroatoms. The van der Waals surface area contributed by atoms with E-state index < -0.39 is 47.9 Å². The molecule has 2 aromatic carbocycles. The van der Waals surface area contributed by atoms with Crippen molar-refractivity contribution in [2.75, 3.05) is 14.2 Å². The molecule has 1 atom stereocenters. The summed E-state index contributed by atoms with van der Waals surface area (Å²) in [6.45, 7) is 1.54. The van der Waals surface area contributed by atoms with Gasteiger partial charge in [0.15, 0.2) is 17.6 Å². The minimum Gasteiger partial charge on any atom is -0.469 e. The molecule has 200 valence electrons. The SMILES string of the molecule is COC(=O)CC(C(=O)OC)n1nc(Cc2ccc(C)c(Oc3cc(C#N)cc(C(F)F)c3)c2F)n(C)c1=O. The summed E-state index contributed by atoms with van der Waals surface area (Å²) in [5, 5.41) is 13.3. The van der Waals surface area contributed by atoms with Crippen LogP contribution in [0.3, 0.4) is 0 Å². The number of methoxy groups -OCH3 is 2. The number of halogens is 3. The highest BCUT2D eigenvalue weighted by molar-refractivity contribution is 5.81. The summed E-state index contributed by atoms with van der Waals surface area (Å²) in [6.07, 6.45) is -3.61. The number of aryl methyl sites for hydroxylation is 1. The van der Waals surface area contributed by atoms with E-state index >= 15 is 4.39 Å². The van der Waals surface area contributed by atoms with E-state index in [0.717, 1.165) is 35.6 Å². The van der Waals surface area contributed by atoms with Crippen LogP contribution in [0, 0.1) is 24.1 Å². The first kappa shape index (κ1) is 28.0. The number of esters is 2. The minimum absolute atomic E-state index is 0.0407. The van der Waals surface area contributed by atoms with Gasteiger partial charge < -0.3 is 14.2 Å². The lowest BCUT2D eigenvalue weighted by Gasteiger charge is -2.14. The summed E-state index contributed by atoms with van der Waals surface area (Å²) in [5.74, 6) is -2.89. The van der Waals surface area contributed by atoms with Gasteiger partial charge in [0.05, 0.1) is 32.3 Å². The van der Waals surface area contributed by atoms with Gasteiger partial charge in [-0.1, -0.05) is 12.1 Å². The predicted molar refractivity (Wildman–Crippen MR) is 125 cm³/mol. The third kappa shape index (κ3) is 5.86. The zero-order valence-electron chi connectivity index (χ0n) is 20.8. The third-order valence-corrected chi connectivity index (χ3v) is 5.70. The number of alkyl halides is 2. The van der Waals surface area contributed by atoms with Gasteiger partial charge in [-0.25, -0.2) is 22.8 Å². The Morgan fingerprint density at radius 2 is 1.87 bits per heavy atom. The zero-order chi connectivity index (χ0) is 28.1. The molecule has 0 saturated carbocycles. The maximum absolute atomic E-state index is 15.5. The standard InChI is InChI=1S/C25H23F3N4O6/c1-13-5-6-15(21(26)22(13)38-17-8-14(12-29)7-16(9-17)23(27)28)10-19-30-32(25(35)31(19)2)18(24(34)37-4)11-20(33)36-3/h5-9,18,23H,10-11H2,1-4H3. The molecule has 0 bridgehead atoms. The Morgan fingerprint density at radius 3 is 2.47 bits per heavy atom. The largest absolute Gasteiger partial charge is 0.469 e. The normalized spacial score (nSPS) is 11.7. The molecular weight excluding hydrogens is 509 g/mol. The van der Waals surface area contributed by atoms with Gasteiger partial charge in [0.25, 0.3) is 6.43 Å². The Balaban J connectivity index is 1.99. The first-order valence-corrected chi connectivity index (χ1v) is 11.1. The van der Waals surface area contributed by atoms with Crippen molar-refractivity contribution in [3.05, 3.63) is 74.7 Å². The molecule has 0 spiro atoms. The lowest BCUT2D eigenvalue weighted by Crippen LogP contribution is -2.33. The molecule has 38 heavy (non-hydrogen) atoms. The van der Waals surface area contributed by atoms with Crippen molar-refractivity contribution in [2.45, 2.75) is 32.2 Å². The van der Waals surface area contributed by atoms with Gasteiger partial charge in [0.1, 0.15) is 11.6 Å². The molecule has 1 aromatic heterocycles. The number of hydrogen-bond donors (Lipinski definition) is 0. The minimum atomic E-state index is -2.87. The van der Waals surface area contributed by atoms with Crippen molar-refractivity contribution in [2.24, 2.45) is 7.05 Å². The Hall–Kier alpha value is -4.60. The topological polar surface area (TPSA) is 125 Å². The summed E-state index contributed by atoms with van der Waals surface area (Å²) < 4.78 is 58.7. The van der Waals surface area contributed by atoms with Crippen LogP contribution in [0.5, 0.6) is 11.5 Å². The number of carbonyl (C=O) groups is 2. The number of ether oxygens (including phenoxy) is 3. The smallest absolute Gasteiger partial charge is 0.346 e. The molecule has 0 N–H and O–H groups in total. The average molecular weight is 532 g/mol. The van der Waals surface area contributed by atoms with Crippen LogP contribution in [0.15, 0.2) is 35.1 Å². The van der Waals surface area contributed by atoms with Crippen LogP contribution in [0.4, 0.5) is 13.2 Å². The molecule has 0 aliphatic carbocycles. The maximum atomic E-state index is 15.5. The number of benzene rings is 2. The molecule has 0 aliphatic heterocycles. The van der Waals surface area contributed by atoms with Crippen LogP contribution < -0.4 is 10.4 Å². The summed E-state index contributed by atoms with van der Waals surface area (Å²) >= 11 is 0. The van der Waals surface area contributed by atoms with Crippen LogP contribution in [0.1, 0.15) is 47.0 Å². The monoisotopic (exact) mass is 532 g/mol. The number of nitriles is 1. The molecule has 10 nitrogen and oxygen atoms in total. The van der Waals surface area contributed by atoms with Crippen LogP contribution in [-0.4, -0.2) is 40.5 Å². The summed E-state index contributed by atoms with van der Waals surface area (Å²) in [5.41, 5.74) is -0.911. The molecule has 0 saturated heterocycles. The Bertz CT molecular complexity index is 1470. The van der Waals surface area contributed by atoms with E-state index in [9.17, 15) is 23.2 Å². The van der Waals surface area contributed by atoms with E-state index in [-0.39, 0.29) is 34.9 Å². The van der Waals surface area contributed by atoms with Crippen molar-refractivity contribution in [3.63, 3.8) is 0 Å². The fraction of sp³-hybridized carbons (Fsp3) is 0.320. The van der Waals surface area contributed by atoms with E-state index in [1.807, 2.05) is 0 Å². The lowest BCUT2D eigenvalue weighted by atomic mass is 10.1. The van der Waals surface area contributed by atoms with Crippen molar-refractivity contribution in [1.29, 1.82) is 5.26 Å². The third-order valence-electron chi connectivity index (χ3n) is 5.70. The van der Waals surface area contributed by atoms with Gasteiger partial charge in [-0.15, -0.1) is 0 Å². The second kappa shape index (κ2) is 11.6. The van der Waals surface area contributed by atoms with Crippen molar-refractivity contribution >= 4 is 11.9 Å². The van der Waals surface area contributed by atoms with Gasteiger partial charge in [0, 0.05) is 19.0 Å². The van der Waals surface area contributed by atoms with Crippen LogP contribution in [0.2, 0.25) is 0 Å². The fourth-order valence-corrected chi connectivity index (χ4v) is 3.62. The average Bonchev–Trinajstić information content (AvgIpc) is 3.18. The van der Waals surface area contributed by atoms with E-state index in [4.69, 9.17) is 10.00 Å². The molecule has 0 fully saturated rings. The van der Waals surface area contributed by atoms with Gasteiger partial charge in [0.2, 0.25) is 0 Å². The second-order valence-electron chi connectivity index (χ2n) is 8.19. The number of hydrogen-bond acceptors (Lipinski definition) is 8. The molecule has 3 aromatic rings. The van der Waals surface area contributed by atoms with Gasteiger partial charge in [-0.3, -0.25) is 9.36 Å². The molecule has 0 aliphatic rings. The van der Waals surface area contributed by atoms with Crippen LogP contribution >= 0.6 is 0 Å². The Labute approximate surface area is 214 Å². The molecule has 0 amide bonds. The number of nitrogens with zero attached hydrogens (tertiary/aromatic N) is 4. The Kier molecular flexibility index (Phi) is 8.57. The summed E-state index contributed by atoms with van der Waals surface area (Å²) in [7, 11) is 3.56. The number of rotatable bonds is 9. The molecule has 1 heterocycles. The predicted octanol–water partition coefficient (Wildman–Crippen LogP) is 3.50. The first-order valence-electron chi connectivity index (χ1n) is 11.1. The zero-order valence-corrected chi connectivity index (χ0v) is 20.8. The van der Waals surface area contributed by atoms with E-state index in [1.54, 1.807) is 13.0 Å². The first-order chi connectivity index (χ1) is 18.0. The highest BCUT2D eigenvalue weighted by atomic mass is 19.3. The summed E-state index contributed by atoms with van der Waals surface area (Å²) in [6, 6.07) is 6.54. The molecule has 3 rings (SSSR count). The van der Waals surface area contributed by atoms with Gasteiger partial charge >= 0.3 is 17.6 Å². The number of carbonyl (C=O) groups excluding carboxylic acids is 2. The fourth-order valence-electron chi connectivity index (χ4n) is 3.62. The van der Waals surface area contributed by atoms with Gasteiger partial charge in [-0.2, -0.15) is 15.0 Å². The molecular formula is C25H23F3N4O6. The van der Waals surface area contributed by atoms with Crippen molar-refractivity contribution < 1.29 is 37.0 Å². The lowest BCUT2D eigenvalue weighted by molar-refractivity contribution is -0.151. The number of aromatic nitrogens is 3. The van der Waals surface area contributed by atoms with Crippen molar-refractivity contribution in [3.8, 4) is 17.6 Å². The Morgan fingerprint density at radius 1 is 1.16 bits per heavy atom. The van der Waals surface area contributed by atoms with E-state index in [1.165, 1.54) is 25.2 Å².